The summed E-state index contributed by atoms with van der Waals surface area (Å²) in [5.41, 5.74) is 1.37. The van der Waals surface area contributed by atoms with Crippen molar-refractivity contribution in [3.63, 3.8) is 0 Å². The fourth-order valence-electron chi connectivity index (χ4n) is 3.97. The molecule has 1 aliphatic carbocycles. The first-order chi connectivity index (χ1) is 14.0. The molecule has 1 fully saturated rings. The number of amides is 1. The van der Waals surface area contributed by atoms with Crippen LogP contribution in [0.4, 0.5) is 0 Å². The Hall–Kier alpha value is -1.66. The summed E-state index contributed by atoms with van der Waals surface area (Å²) < 4.78 is 5.53. The molecule has 2 aliphatic rings. The predicted octanol–water partition coefficient (Wildman–Crippen LogP) is 3.15. The molecule has 0 N–H and O–H groups in total. The maximum absolute atomic E-state index is 11.6. The number of piperazine rings is 1. The normalized spacial score (nSPS) is 21.6. The number of likely N-dealkylation sites (N-methyl/N-ethyl adjacent to an activating group) is 1. The molecule has 29 heavy (non-hydrogen) atoms. The van der Waals surface area contributed by atoms with Gasteiger partial charge in [-0.3, -0.25) is 14.6 Å². The zero-order chi connectivity index (χ0) is 20.6. The molecule has 3 rings (SSSR count). The van der Waals surface area contributed by atoms with Gasteiger partial charge < -0.3 is 9.64 Å². The lowest BCUT2D eigenvalue weighted by Gasteiger charge is -2.42. The quantitative estimate of drug-likeness (QED) is 0.609. The van der Waals surface area contributed by atoms with Crippen molar-refractivity contribution in [1.29, 1.82) is 0 Å². The van der Waals surface area contributed by atoms with Crippen LogP contribution >= 0.6 is 11.6 Å². The Morgan fingerprint density at radius 2 is 1.93 bits per heavy atom. The van der Waals surface area contributed by atoms with Gasteiger partial charge in [0.05, 0.1) is 6.61 Å². The van der Waals surface area contributed by atoms with Gasteiger partial charge in [0, 0.05) is 63.8 Å². The molecule has 1 aromatic rings. The molecule has 0 aromatic heterocycles. The number of hydrogen-bond donors (Lipinski definition) is 0. The highest BCUT2D eigenvalue weighted by atomic mass is 35.5. The van der Waals surface area contributed by atoms with E-state index in [1.54, 1.807) is 19.0 Å². The lowest BCUT2D eigenvalue weighted by Crippen LogP contribution is -2.49. The molecule has 158 valence electrons. The number of benzene rings is 1. The van der Waals surface area contributed by atoms with Gasteiger partial charge in [-0.25, -0.2) is 0 Å². The number of ether oxygens (including phenoxy) is 1. The largest absolute Gasteiger partial charge is 0.370 e. The second-order valence-electron chi connectivity index (χ2n) is 7.92. The molecule has 1 aromatic carbocycles. The summed E-state index contributed by atoms with van der Waals surface area (Å²) in [5, 5.41) is 0.839. The summed E-state index contributed by atoms with van der Waals surface area (Å²) >= 11 is 6.15. The zero-order valence-corrected chi connectivity index (χ0v) is 18.2. The molecule has 1 heterocycles. The summed E-state index contributed by atoms with van der Waals surface area (Å²) in [6, 6.07) is 11.2. The molecule has 0 saturated carbocycles. The van der Waals surface area contributed by atoms with E-state index in [1.807, 2.05) is 6.08 Å². The monoisotopic (exact) mass is 417 g/mol. The molecule has 5 nitrogen and oxygen atoms in total. The fourth-order valence-corrected chi connectivity index (χ4v) is 4.13. The van der Waals surface area contributed by atoms with Crippen LogP contribution in [-0.2, 0) is 9.53 Å². The first kappa shape index (κ1) is 22.0. The Kier molecular flexibility index (Phi) is 8.30. The molecule has 2 atom stereocenters. The number of carbonyl (C=O) groups excluding carboxylic acids is 1. The molecular weight excluding hydrogens is 386 g/mol. The van der Waals surface area contributed by atoms with E-state index in [0.717, 1.165) is 44.2 Å². The molecule has 1 amide bonds. The highest BCUT2D eigenvalue weighted by molar-refractivity contribution is 6.31. The van der Waals surface area contributed by atoms with Gasteiger partial charge in [0.15, 0.2) is 0 Å². The van der Waals surface area contributed by atoms with E-state index >= 15 is 0 Å². The molecular formula is C23H32ClN3O2. The first-order valence-corrected chi connectivity index (χ1v) is 10.8. The molecule has 0 radical (unpaired) electrons. The number of hydrogen-bond acceptors (Lipinski definition) is 4. The van der Waals surface area contributed by atoms with Crippen LogP contribution in [-0.4, -0.2) is 80.6 Å². The predicted molar refractivity (Wildman–Crippen MR) is 118 cm³/mol. The van der Waals surface area contributed by atoms with Gasteiger partial charge in [-0.1, -0.05) is 54.1 Å². The fraction of sp³-hybridized carbons (Fsp3) is 0.522. The van der Waals surface area contributed by atoms with Crippen molar-refractivity contribution in [3.8, 4) is 0 Å². The Labute approximate surface area is 179 Å². The van der Waals surface area contributed by atoms with Gasteiger partial charge in [-0.15, -0.1) is 0 Å². The Morgan fingerprint density at radius 3 is 2.55 bits per heavy atom. The maximum Gasteiger partial charge on any atom is 0.248 e. The van der Waals surface area contributed by atoms with Crippen molar-refractivity contribution in [1.82, 2.24) is 14.7 Å². The Morgan fingerprint density at radius 1 is 1.21 bits per heavy atom. The number of halogens is 1. The minimum atomic E-state index is 0.00946. The van der Waals surface area contributed by atoms with Gasteiger partial charge in [0.25, 0.3) is 0 Å². The van der Waals surface area contributed by atoms with E-state index < -0.39 is 0 Å². The van der Waals surface area contributed by atoms with E-state index in [1.165, 1.54) is 5.56 Å². The van der Waals surface area contributed by atoms with Crippen LogP contribution in [0.25, 0.3) is 0 Å². The highest BCUT2D eigenvalue weighted by Gasteiger charge is 2.30. The van der Waals surface area contributed by atoms with Crippen LogP contribution in [0.2, 0.25) is 0 Å². The van der Waals surface area contributed by atoms with E-state index in [4.69, 9.17) is 16.3 Å². The summed E-state index contributed by atoms with van der Waals surface area (Å²) in [6.07, 6.45) is 7.41. The van der Waals surface area contributed by atoms with Gasteiger partial charge in [0.2, 0.25) is 5.91 Å². The van der Waals surface area contributed by atoms with Gasteiger partial charge in [-0.2, -0.15) is 0 Å². The maximum atomic E-state index is 11.6. The van der Waals surface area contributed by atoms with Crippen LogP contribution in [0, 0.1) is 5.92 Å². The third-order valence-electron chi connectivity index (χ3n) is 5.71. The van der Waals surface area contributed by atoms with Crippen LogP contribution in [0.5, 0.6) is 0 Å². The van der Waals surface area contributed by atoms with Gasteiger partial charge in [0.1, 0.15) is 6.61 Å². The van der Waals surface area contributed by atoms with E-state index in [2.05, 4.69) is 52.3 Å². The van der Waals surface area contributed by atoms with Crippen molar-refractivity contribution < 1.29 is 9.53 Å². The molecule has 2 unspecified atom stereocenters. The van der Waals surface area contributed by atoms with Gasteiger partial charge >= 0.3 is 0 Å². The third-order valence-corrected chi connectivity index (χ3v) is 5.99. The molecule has 0 spiro atoms. The highest BCUT2D eigenvalue weighted by Crippen LogP contribution is 2.35. The number of nitrogens with zero attached hydrogens (tertiary/aromatic N) is 3. The Balaban J connectivity index is 1.52. The second kappa shape index (κ2) is 10.9. The van der Waals surface area contributed by atoms with Crippen molar-refractivity contribution >= 4 is 17.5 Å². The lowest BCUT2D eigenvalue weighted by atomic mass is 9.86. The molecule has 6 heteroatoms. The first-order valence-electron chi connectivity index (χ1n) is 10.4. The minimum Gasteiger partial charge on any atom is -0.370 e. The van der Waals surface area contributed by atoms with E-state index in [0.29, 0.717) is 18.6 Å². The zero-order valence-electron chi connectivity index (χ0n) is 17.5. The summed E-state index contributed by atoms with van der Waals surface area (Å²) in [6.45, 7) is 5.70. The smallest absolute Gasteiger partial charge is 0.248 e. The van der Waals surface area contributed by atoms with E-state index in [-0.39, 0.29) is 12.5 Å². The SMILES string of the molecule is CN(C)C(=O)COCCN1CCN(C(c2ccccc2)C2C=CC(Cl)=CC2)CC1. The molecule has 0 bridgehead atoms. The van der Waals surface area contributed by atoms with Crippen LogP contribution < -0.4 is 0 Å². The summed E-state index contributed by atoms with van der Waals surface area (Å²) in [4.78, 5) is 18.2. The number of allylic oxidation sites excluding steroid dienone is 3. The molecule has 1 aliphatic heterocycles. The minimum absolute atomic E-state index is 0.00946. The van der Waals surface area contributed by atoms with Crippen molar-refractivity contribution in [2.75, 3.05) is 60.0 Å². The van der Waals surface area contributed by atoms with Crippen LogP contribution in [0.3, 0.4) is 0 Å². The lowest BCUT2D eigenvalue weighted by molar-refractivity contribution is -0.133. The third kappa shape index (κ3) is 6.41. The average molecular weight is 418 g/mol. The second-order valence-corrected chi connectivity index (χ2v) is 8.36. The Bertz CT molecular complexity index is 712. The summed E-state index contributed by atoms with van der Waals surface area (Å²) in [5.74, 6) is 0.446. The van der Waals surface area contributed by atoms with Gasteiger partial charge in [-0.05, 0) is 18.1 Å². The standard InChI is InChI=1S/C23H32ClN3O2/c1-25(2)22(28)18-29-17-16-26-12-14-27(15-13-26)23(19-6-4-3-5-7-19)20-8-10-21(24)11-9-20/h3-8,10-11,20,23H,9,12-18H2,1-2H3. The summed E-state index contributed by atoms with van der Waals surface area (Å²) in [7, 11) is 3.50. The van der Waals surface area contributed by atoms with Crippen molar-refractivity contribution in [3.05, 3.63) is 59.2 Å². The number of rotatable bonds is 8. The van der Waals surface area contributed by atoms with Crippen molar-refractivity contribution in [2.24, 2.45) is 5.92 Å². The van der Waals surface area contributed by atoms with Crippen LogP contribution in [0.15, 0.2) is 53.6 Å². The molecule has 1 saturated heterocycles. The van der Waals surface area contributed by atoms with Crippen molar-refractivity contribution in [2.45, 2.75) is 12.5 Å². The van der Waals surface area contributed by atoms with Crippen LogP contribution in [0.1, 0.15) is 18.0 Å². The topological polar surface area (TPSA) is 36.0 Å². The number of carbonyl (C=O) groups is 1. The average Bonchev–Trinajstić information content (AvgIpc) is 2.74. The van der Waals surface area contributed by atoms with E-state index in [9.17, 15) is 4.79 Å².